The van der Waals surface area contributed by atoms with Crippen molar-refractivity contribution in [2.75, 3.05) is 25.7 Å². The molecule has 0 saturated carbocycles. The number of sulfone groups is 1. The van der Waals surface area contributed by atoms with Gasteiger partial charge in [0.2, 0.25) is 0 Å². The van der Waals surface area contributed by atoms with Crippen molar-refractivity contribution in [3.63, 3.8) is 0 Å². The van der Waals surface area contributed by atoms with Gasteiger partial charge in [0.1, 0.15) is 9.84 Å². The van der Waals surface area contributed by atoms with Crippen LogP contribution in [-0.2, 0) is 9.84 Å². The number of aromatic amines is 1. The van der Waals surface area contributed by atoms with Gasteiger partial charge in [0, 0.05) is 6.26 Å². The molecule has 0 aliphatic heterocycles. The maximum atomic E-state index is 13.1. The molecule has 34 heavy (non-hydrogen) atoms. The zero-order valence-corrected chi connectivity index (χ0v) is 20.5. The first-order valence-electron chi connectivity index (χ1n) is 11.0. The number of nitrogens with one attached hydrogen (secondary N) is 1. The van der Waals surface area contributed by atoms with Gasteiger partial charge in [0.15, 0.2) is 11.5 Å². The van der Waals surface area contributed by atoms with Crippen molar-refractivity contribution in [3.8, 4) is 22.6 Å². The first kappa shape index (κ1) is 23.6. The Kier molecular flexibility index (Phi) is 6.52. The smallest absolute Gasteiger partial charge is 0.327 e. The highest BCUT2D eigenvalue weighted by molar-refractivity contribution is 7.90. The molecule has 0 bridgehead atoms. The molecule has 1 N–H and O–H groups in total. The lowest BCUT2D eigenvalue weighted by atomic mass is 10.0. The van der Waals surface area contributed by atoms with E-state index >= 15 is 0 Å². The van der Waals surface area contributed by atoms with Crippen molar-refractivity contribution in [1.82, 2.24) is 9.55 Å². The predicted molar refractivity (Wildman–Crippen MR) is 135 cm³/mol. The van der Waals surface area contributed by atoms with E-state index in [4.69, 9.17) is 9.47 Å². The Labute approximate surface area is 198 Å². The van der Waals surface area contributed by atoms with E-state index in [1.165, 1.54) is 10.8 Å². The lowest BCUT2D eigenvalue weighted by Gasteiger charge is -2.20. The van der Waals surface area contributed by atoms with Crippen LogP contribution in [0.15, 0.2) is 65.5 Å². The zero-order valence-electron chi connectivity index (χ0n) is 19.7. The molecule has 0 fully saturated rings. The van der Waals surface area contributed by atoms with Crippen LogP contribution in [0.1, 0.15) is 24.1 Å². The van der Waals surface area contributed by atoms with Crippen molar-refractivity contribution in [2.24, 2.45) is 0 Å². The molecule has 0 amide bonds. The SMILES string of the molecule is CCOc1cc([C@H](CS(C)(=O)=O)n2c(=O)[nH]c3cc(-c4ccccc4C)ccc32)ccc1OC. The van der Waals surface area contributed by atoms with Gasteiger partial charge in [-0.1, -0.05) is 36.4 Å². The Balaban J connectivity index is 1.89. The van der Waals surface area contributed by atoms with Crippen LogP contribution in [0.4, 0.5) is 0 Å². The number of imidazole rings is 1. The normalized spacial score (nSPS) is 12.6. The molecule has 7 nitrogen and oxygen atoms in total. The maximum absolute atomic E-state index is 13.1. The zero-order chi connectivity index (χ0) is 24.5. The van der Waals surface area contributed by atoms with Crippen LogP contribution in [0, 0.1) is 6.92 Å². The van der Waals surface area contributed by atoms with Gasteiger partial charge in [-0.3, -0.25) is 4.57 Å². The number of fused-ring (bicyclic) bond motifs is 1. The fraction of sp³-hybridized carbons (Fsp3) is 0.269. The molecule has 0 radical (unpaired) electrons. The highest BCUT2D eigenvalue weighted by Crippen LogP contribution is 2.33. The molecule has 3 aromatic carbocycles. The second-order valence-corrected chi connectivity index (χ2v) is 10.5. The third kappa shape index (κ3) is 4.72. The molecule has 4 aromatic rings. The van der Waals surface area contributed by atoms with Gasteiger partial charge in [-0.15, -0.1) is 0 Å². The number of ether oxygens (including phenoxy) is 2. The number of hydrogen-bond acceptors (Lipinski definition) is 5. The van der Waals surface area contributed by atoms with Crippen molar-refractivity contribution in [1.29, 1.82) is 0 Å². The van der Waals surface area contributed by atoms with Crippen molar-refractivity contribution in [3.05, 3.63) is 82.3 Å². The number of aryl methyl sites for hydroxylation is 1. The Morgan fingerprint density at radius 3 is 2.47 bits per heavy atom. The Morgan fingerprint density at radius 2 is 1.79 bits per heavy atom. The van der Waals surface area contributed by atoms with E-state index in [0.29, 0.717) is 34.7 Å². The van der Waals surface area contributed by atoms with E-state index in [-0.39, 0.29) is 11.4 Å². The summed E-state index contributed by atoms with van der Waals surface area (Å²) >= 11 is 0. The Bertz CT molecular complexity index is 1500. The summed E-state index contributed by atoms with van der Waals surface area (Å²) in [5.74, 6) is 0.797. The summed E-state index contributed by atoms with van der Waals surface area (Å²) in [5, 5.41) is 0. The third-order valence-corrected chi connectivity index (χ3v) is 6.74. The molecule has 1 heterocycles. The summed E-state index contributed by atoms with van der Waals surface area (Å²) in [5.41, 5.74) is 4.71. The summed E-state index contributed by atoms with van der Waals surface area (Å²) < 4.78 is 37.3. The molecule has 8 heteroatoms. The van der Waals surface area contributed by atoms with Gasteiger partial charge in [-0.05, 0) is 60.4 Å². The predicted octanol–water partition coefficient (Wildman–Crippen LogP) is 4.35. The van der Waals surface area contributed by atoms with Gasteiger partial charge < -0.3 is 14.5 Å². The molecule has 0 unspecified atom stereocenters. The van der Waals surface area contributed by atoms with Gasteiger partial charge in [0.25, 0.3) is 0 Å². The van der Waals surface area contributed by atoms with Crippen molar-refractivity contribution < 1.29 is 17.9 Å². The topological polar surface area (TPSA) is 90.4 Å². The molecule has 0 aliphatic rings. The van der Waals surface area contributed by atoms with Crippen LogP contribution in [0.3, 0.4) is 0 Å². The van der Waals surface area contributed by atoms with Crippen LogP contribution in [-0.4, -0.2) is 43.7 Å². The van der Waals surface area contributed by atoms with Crippen LogP contribution in [0.25, 0.3) is 22.2 Å². The summed E-state index contributed by atoms with van der Waals surface area (Å²) in [4.78, 5) is 16.1. The van der Waals surface area contributed by atoms with Crippen LogP contribution < -0.4 is 15.2 Å². The van der Waals surface area contributed by atoms with Crippen LogP contribution in [0.5, 0.6) is 11.5 Å². The van der Waals surface area contributed by atoms with E-state index in [1.54, 1.807) is 25.3 Å². The first-order valence-corrected chi connectivity index (χ1v) is 13.1. The minimum atomic E-state index is -3.43. The molecular weight excluding hydrogens is 452 g/mol. The fourth-order valence-corrected chi connectivity index (χ4v) is 5.20. The second-order valence-electron chi connectivity index (χ2n) is 8.30. The second kappa shape index (κ2) is 9.38. The highest BCUT2D eigenvalue weighted by atomic mass is 32.2. The van der Waals surface area contributed by atoms with Crippen LogP contribution >= 0.6 is 0 Å². The highest BCUT2D eigenvalue weighted by Gasteiger charge is 2.25. The third-order valence-electron chi connectivity index (χ3n) is 5.82. The standard InChI is InChI=1S/C26H28N2O5S/c1-5-33-25-15-19(11-13-24(25)32-3)23(16-34(4,30)31)28-22-12-10-18(14-21(22)27-26(28)29)20-9-7-6-8-17(20)2/h6-15,23H,5,16H2,1-4H3,(H,27,29)/t23-/m0/s1. The average Bonchev–Trinajstić information content (AvgIpc) is 3.12. The number of hydrogen-bond donors (Lipinski definition) is 1. The van der Waals surface area contributed by atoms with Gasteiger partial charge in [0.05, 0.1) is 36.5 Å². The molecule has 0 aliphatic carbocycles. The maximum Gasteiger partial charge on any atom is 0.327 e. The largest absolute Gasteiger partial charge is 0.493 e. The summed E-state index contributed by atoms with van der Waals surface area (Å²) in [6.07, 6.45) is 1.17. The molecule has 1 aromatic heterocycles. The number of rotatable bonds is 8. The van der Waals surface area contributed by atoms with Gasteiger partial charge in [-0.2, -0.15) is 0 Å². The summed E-state index contributed by atoms with van der Waals surface area (Å²) in [6.45, 7) is 4.32. The fourth-order valence-electron chi connectivity index (χ4n) is 4.28. The molecule has 0 saturated heterocycles. The lowest BCUT2D eigenvalue weighted by molar-refractivity contribution is 0.310. The van der Waals surface area contributed by atoms with E-state index in [0.717, 1.165) is 16.7 Å². The number of benzene rings is 3. The van der Waals surface area contributed by atoms with Gasteiger partial charge in [-0.25, -0.2) is 13.2 Å². The first-order chi connectivity index (χ1) is 16.2. The Hall–Kier alpha value is -3.52. The van der Waals surface area contributed by atoms with E-state index in [1.807, 2.05) is 56.3 Å². The number of aromatic nitrogens is 2. The Morgan fingerprint density at radius 1 is 1.03 bits per heavy atom. The van der Waals surface area contributed by atoms with Crippen molar-refractivity contribution in [2.45, 2.75) is 19.9 Å². The quantitative estimate of drug-likeness (QED) is 0.405. The number of H-pyrrole nitrogens is 1. The minimum absolute atomic E-state index is 0.239. The van der Waals surface area contributed by atoms with E-state index < -0.39 is 15.9 Å². The molecule has 1 atom stereocenters. The minimum Gasteiger partial charge on any atom is -0.493 e. The summed E-state index contributed by atoms with van der Waals surface area (Å²) in [6, 6.07) is 18.3. The molecule has 0 spiro atoms. The molecular formula is C26H28N2O5S. The lowest BCUT2D eigenvalue weighted by Crippen LogP contribution is -2.28. The van der Waals surface area contributed by atoms with Crippen LogP contribution in [0.2, 0.25) is 0 Å². The monoisotopic (exact) mass is 480 g/mol. The van der Waals surface area contributed by atoms with E-state index in [2.05, 4.69) is 4.98 Å². The number of nitrogens with zero attached hydrogens (tertiary/aromatic N) is 1. The number of methoxy groups -OCH3 is 1. The average molecular weight is 481 g/mol. The summed E-state index contributed by atoms with van der Waals surface area (Å²) in [7, 11) is -1.88. The van der Waals surface area contributed by atoms with E-state index in [9.17, 15) is 13.2 Å². The van der Waals surface area contributed by atoms with Gasteiger partial charge >= 0.3 is 5.69 Å². The molecule has 178 valence electrons. The molecule has 4 rings (SSSR count). The van der Waals surface area contributed by atoms with Crippen molar-refractivity contribution >= 4 is 20.9 Å².